The van der Waals surface area contributed by atoms with Crippen LogP contribution in [0.4, 0.5) is 0 Å². The van der Waals surface area contributed by atoms with Crippen molar-refractivity contribution in [1.29, 1.82) is 0 Å². The average Bonchev–Trinajstić information content (AvgIpc) is 2.88. The van der Waals surface area contributed by atoms with Gasteiger partial charge in [-0.15, -0.1) is 10.2 Å². The third-order valence-electron chi connectivity index (χ3n) is 3.04. The molecule has 0 aliphatic carbocycles. The molecule has 0 saturated carbocycles. The highest BCUT2D eigenvalue weighted by atomic mass is 16.5. The van der Waals surface area contributed by atoms with Crippen LogP contribution >= 0.6 is 0 Å². The van der Waals surface area contributed by atoms with Crippen molar-refractivity contribution in [1.82, 2.24) is 15.5 Å². The zero-order chi connectivity index (χ0) is 15.3. The molecule has 2 rings (SSSR count). The number of rotatable bonds is 6. The van der Waals surface area contributed by atoms with Gasteiger partial charge in [-0.2, -0.15) is 0 Å². The summed E-state index contributed by atoms with van der Waals surface area (Å²) in [6.07, 6.45) is 0.387. The van der Waals surface area contributed by atoms with Gasteiger partial charge in [0, 0.05) is 25.6 Å². The van der Waals surface area contributed by atoms with Gasteiger partial charge in [-0.1, -0.05) is 30.3 Å². The largest absolute Gasteiger partial charge is 0.422 e. The molecule has 1 aromatic heterocycles. The molecule has 1 unspecified atom stereocenters. The fraction of sp³-hybridized carbons (Fsp3) is 0.500. The Kier molecular flexibility index (Phi) is 5.09. The maximum atomic E-state index is 5.72. The first-order valence-corrected chi connectivity index (χ1v) is 7.14. The number of methoxy groups -OCH3 is 1. The molecule has 1 N–H and O–H groups in total. The Morgan fingerprint density at radius 1 is 1.19 bits per heavy atom. The van der Waals surface area contributed by atoms with Crippen molar-refractivity contribution in [3.8, 4) is 0 Å². The summed E-state index contributed by atoms with van der Waals surface area (Å²) in [6, 6.07) is 9.86. The number of aromatic nitrogens is 2. The summed E-state index contributed by atoms with van der Waals surface area (Å²) in [5, 5.41) is 11.6. The summed E-state index contributed by atoms with van der Waals surface area (Å²) >= 11 is 0. The monoisotopic (exact) mass is 289 g/mol. The molecule has 5 nitrogen and oxygen atoms in total. The summed E-state index contributed by atoms with van der Waals surface area (Å²) in [7, 11) is 1.64. The van der Waals surface area contributed by atoms with E-state index in [0.717, 1.165) is 12.1 Å². The number of ether oxygens (including phenoxy) is 1. The van der Waals surface area contributed by atoms with E-state index in [-0.39, 0.29) is 11.6 Å². The Hall–Kier alpha value is -1.72. The summed E-state index contributed by atoms with van der Waals surface area (Å²) in [5.41, 5.74) is 1.09. The lowest BCUT2D eigenvalue weighted by molar-refractivity contribution is 0.110. The zero-order valence-electron chi connectivity index (χ0n) is 13.1. The van der Waals surface area contributed by atoms with Crippen LogP contribution in [0.1, 0.15) is 44.2 Å². The van der Waals surface area contributed by atoms with Crippen LogP contribution < -0.4 is 5.32 Å². The highest BCUT2D eigenvalue weighted by Gasteiger charge is 2.20. The SMILES string of the molecule is COC(c1ccccc1)c1nnc(CCNC(C)(C)C)o1. The molecule has 0 amide bonds. The maximum absolute atomic E-state index is 5.72. The predicted octanol–water partition coefficient (Wildman–Crippen LogP) is 2.74. The van der Waals surface area contributed by atoms with E-state index in [9.17, 15) is 0 Å². The molecule has 114 valence electrons. The van der Waals surface area contributed by atoms with Crippen LogP contribution in [0.25, 0.3) is 0 Å². The Bertz CT molecular complexity index is 546. The molecule has 0 bridgehead atoms. The van der Waals surface area contributed by atoms with E-state index < -0.39 is 0 Å². The smallest absolute Gasteiger partial charge is 0.249 e. The van der Waals surface area contributed by atoms with E-state index in [0.29, 0.717) is 18.2 Å². The van der Waals surface area contributed by atoms with Crippen LogP contribution in [0, 0.1) is 0 Å². The molecular weight excluding hydrogens is 266 g/mol. The van der Waals surface area contributed by atoms with E-state index in [1.165, 1.54) is 0 Å². The molecule has 1 aromatic carbocycles. The van der Waals surface area contributed by atoms with E-state index in [2.05, 4.69) is 36.3 Å². The van der Waals surface area contributed by atoms with E-state index in [1.54, 1.807) is 7.11 Å². The Morgan fingerprint density at radius 3 is 2.52 bits per heavy atom. The lowest BCUT2D eigenvalue weighted by atomic mass is 10.1. The van der Waals surface area contributed by atoms with Crippen molar-refractivity contribution in [3.63, 3.8) is 0 Å². The van der Waals surface area contributed by atoms with Gasteiger partial charge in [0.2, 0.25) is 11.8 Å². The number of hydrogen-bond donors (Lipinski definition) is 1. The first-order chi connectivity index (χ1) is 9.99. The number of benzene rings is 1. The van der Waals surface area contributed by atoms with Crippen molar-refractivity contribution < 1.29 is 9.15 Å². The fourth-order valence-electron chi connectivity index (χ4n) is 2.03. The standard InChI is InChI=1S/C16H23N3O2/c1-16(2,3)17-11-10-13-18-19-15(21-13)14(20-4)12-8-6-5-7-9-12/h5-9,14,17H,10-11H2,1-4H3. The normalized spacial score (nSPS) is 13.3. The highest BCUT2D eigenvalue weighted by Crippen LogP contribution is 2.23. The number of hydrogen-bond acceptors (Lipinski definition) is 5. The molecule has 0 saturated heterocycles. The second-order valence-corrected chi connectivity index (χ2v) is 5.99. The van der Waals surface area contributed by atoms with Gasteiger partial charge in [-0.3, -0.25) is 0 Å². The molecule has 5 heteroatoms. The quantitative estimate of drug-likeness (QED) is 0.886. The van der Waals surface area contributed by atoms with Gasteiger partial charge in [-0.05, 0) is 26.3 Å². The summed E-state index contributed by atoms with van der Waals surface area (Å²) < 4.78 is 11.2. The molecule has 2 aromatic rings. The van der Waals surface area contributed by atoms with Gasteiger partial charge in [0.25, 0.3) is 0 Å². The van der Waals surface area contributed by atoms with Crippen molar-refractivity contribution >= 4 is 0 Å². The molecule has 0 spiro atoms. The van der Waals surface area contributed by atoms with Crippen LogP contribution in [0.15, 0.2) is 34.7 Å². The van der Waals surface area contributed by atoms with Gasteiger partial charge in [0.1, 0.15) is 0 Å². The minimum absolute atomic E-state index is 0.0853. The lowest BCUT2D eigenvalue weighted by Gasteiger charge is -2.19. The minimum atomic E-state index is -0.317. The number of nitrogens with one attached hydrogen (secondary N) is 1. The second kappa shape index (κ2) is 6.83. The topological polar surface area (TPSA) is 60.2 Å². The van der Waals surface area contributed by atoms with E-state index in [1.807, 2.05) is 30.3 Å². The molecule has 1 heterocycles. The molecular formula is C16H23N3O2. The highest BCUT2D eigenvalue weighted by molar-refractivity contribution is 5.21. The minimum Gasteiger partial charge on any atom is -0.422 e. The van der Waals surface area contributed by atoms with Crippen molar-refractivity contribution in [3.05, 3.63) is 47.7 Å². The second-order valence-electron chi connectivity index (χ2n) is 5.99. The van der Waals surface area contributed by atoms with E-state index >= 15 is 0 Å². The molecule has 21 heavy (non-hydrogen) atoms. The summed E-state index contributed by atoms with van der Waals surface area (Å²) in [6.45, 7) is 7.18. The van der Waals surface area contributed by atoms with Crippen LogP contribution in [-0.2, 0) is 11.2 Å². The fourth-order valence-corrected chi connectivity index (χ4v) is 2.03. The third kappa shape index (κ3) is 4.65. The Labute approximate surface area is 125 Å². The first-order valence-electron chi connectivity index (χ1n) is 7.14. The average molecular weight is 289 g/mol. The van der Waals surface area contributed by atoms with Crippen molar-refractivity contribution in [2.75, 3.05) is 13.7 Å². The molecule has 0 aliphatic rings. The Morgan fingerprint density at radius 2 is 1.90 bits per heavy atom. The molecule has 0 aliphatic heterocycles. The Balaban J connectivity index is 2.01. The van der Waals surface area contributed by atoms with Crippen molar-refractivity contribution in [2.45, 2.75) is 38.8 Å². The molecule has 0 radical (unpaired) electrons. The predicted molar refractivity (Wildman–Crippen MR) is 81.1 cm³/mol. The third-order valence-corrected chi connectivity index (χ3v) is 3.04. The summed E-state index contributed by atoms with van der Waals surface area (Å²) in [4.78, 5) is 0. The lowest BCUT2D eigenvalue weighted by Crippen LogP contribution is -2.37. The van der Waals surface area contributed by atoms with Gasteiger partial charge < -0.3 is 14.5 Å². The summed E-state index contributed by atoms with van der Waals surface area (Å²) in [5.74, 6) is 1.12. The van der Waals surface area contributed by atoms with E-state index in [4.69, 9.17) is 9.15 Å². The van der Waals surface area contributed by atoms with Gasteiger partial charge >= 0.3 is 0 Å². The van der Waals surface area contributed by atoms with Crippen LogP contribution in [0.3, 0.4) is 0 Å². The van der Waals surface area contributed by atoms with Crippen LogP contribution in [-0.4, -0.2) is 29.4 Å². The first kappa shape index (κ1) is 15.7. The van der Waals surface area contributed by atoms with Crippen LogP contribution in [0.2, 0.25) is 0 Å². The van der Waals surface area contributed by atoms with Crippen molar-refractivity contribution in [2.24, 2.45) is 0 Å². The van der Waals surface area contributed by atoms with Crippen LogP contribution in [0.5, 0.6) is 0 Å². The number of nitrogens with zero attached hydrogens (tertiary/aromatic N) is 2. The zero-order valence-corrected chi connectivity index (χ0v) is 13.1. The van der Waals surface area contributed by atoms with Gasteiger partial charge in [0.05, 0.1) is 0 Å². The molecule has 1 atom stereocenters. The van der Waals surface area contributed by atoms with Gasteiger partial charge in [-0.25, -0.2) is 0 Å². The maximum Gasteiger partial charge on any atom is 0.249 e. The molecule has 0 fully saturated rings. The van der Waals surface area contributed by atoms with Gasteiger partial charge in [0.15, 0.2) is 6.10 Å².